The molecule has 6 rings (SSSR count). The van der Waals surface area contributed by atoms with Crippen LogP contribution in [0.1, 0.15) is 92.9 Å². The van der Waals surface area contributed by atoms with Gasteiger partial charge in [-0.2, -0.15) is 0 Å². The predicted molar refractivity (Wildman–Crippen MR) is 197 cm³/mol. The maximum atomic E-state index is 14.1. The van der Waals surface area contributed by atoms with E-state index >= 15 is 0 Å². The van der Waals surface area contributed by atoms with Crippen LogP contribution in [0, 0.1) is 17.8 Å². The summed E-state index contributed by atoms with van der Waals surface area (Å²) in [4.78, 5) is 74.2. The molecular formula is C39H53N5O7S. The third kappa shape index (κ3) is 10.1. The average molecular weight is 736 g/mol. The molecule has 2 N–H and O–H groups in total. The van der Waals surface area contributed by atoms with Crippen molar-refractivity contribution in [2.45, 2.75) is 102 Å². The SMILES string of the molecule is C=C(C)[C@@H](C[C@@H](OC(C)=O)c1nc(C(=O)N[C@@H](Cc2ccccc2)C[C@H](C)C(=O)OC)cs1)N(C)C(=O)[C@@H](NC(=O)[C@H]1CC2CCN1CC2)C1CC1. The Balaban J connectivity index is 1.28. The first-order valence-corrected chi connectivity index (χ1v) is 19.2. The fourth-order valence-electron chi connectivity index (χ4n) is 7.58. The Bertz CT molecular complexity index is 1600. The molecule has 1 aromatic carbocycles. The summed E-state index contributed by atoms with van der Waals surface area (Å²) in [5.74, 6) is -1.39. The minimum absolute atomic E-state index is 0.0751. The first-order valence-electron chi connectivity index (χ1n) is 18.4. The Morgan fingerprint density at radius 3 is 2.31 bits per heavy atom. The maximum Gasteiger partial charge on any atom is 0.308 e. The second-order valence-corrected chi connectivity index (χ2v) is 15.7. The van der Waals surface area contributed by atoms with Crippen molar-refractivity contribution in [2.75, 3.05) is 27.2 Å². The number of nitrogens with one attached hydrogen (secondary N) is 2. The van der Waals surface area contributed by atoms with Gasteiger partial charge in [0, 0.05) is 31.8 Å². The molecular weight excluding hydrogens is 683 g/mol. The van der Waals surface area contributed by atoms with Gasteiger partial charge < -0.3 is 25.0 Å². The smallest absolute Gasteiger partial charge is 0.308 e. The fraction of sp³-hybridized carbons (Fsp3) is 0.590. The van der Waals surface area contributed by atoms with Gasteiger partial charge in [0.05, 0.1) is 25.1 Å². The van der Waals surface area contributed by atoms with Gasteiger partial charge >= 0.3 is 11.9 Å². The third-order valence-electron chi connectivity index (χ3n) is 10.7. The number of nitrogens with zero attached hydrogens (tertiary/aromatic N) is 3. The number of carbonyl (C=O) groups excluding carboxylic acids is 5. The Morgan fingerprint density at radius 1 is 1.04 bits per heavy atom. The Morgan fingerprint density at radius 2 is 1.73 bits per heavy atom. The number of amides is 3. The summed E-state index contributed by atoms with van der Waals surface area (Å²) in [7, 11) is 3.04. The van der Waals surface area contributed by atoms with E-state index in [0.29, 0.717) is 29.3 Å². The van der Waals surface area contributed by atoms with E-state index in [0.717, 1.165) is 50.8 Å². The maximum absolute atomic E-state index is 14.1. The highest BCUT2D eigenvalue weighted by Crippen LogP contribution is 2.37. The van der Waals surface area contributed by atoms with E-state index in [2.05, 4.69) is 27.1 Å². The molecule has 1 aromatic heterocycles. The van der Waals surface area contributed by atoms with Gasteiger partial charge in [-0.1, -0.05) is 49.4 Å². The molecule has 3 amide bonds. The number of hydrogen-bond acceptors (Lipinski definition) is 10. The summed E-state index contributed by atoms with van der Waals surface area (Å²) < 4.78 is 10.7. The van der Waals surface area contributed by atoms with Crippen molar-refractivity contribution in [3.63, 3.8) is 0 Å². The normalized spacial score (nSPS) is 22.2. The molecule has 13 heteroatoms. The summed E-state index contributed by atoms with van der Waals surface area (Å²) in [6.45, 7) is 10.9. The van der Waals surface area contributed by atoms with Crippen molar-refractivity contribution in [3.8, 4) is 0 Å². The first-order chi connectivity index (χ1) is 24.8. The summed E-state index contributed by atoms with van der Waals surface area (Å²) in [5.41, 5.74) is 1.84. The van der Waals surface area contributed by atoms with Crippen LogP contribution in [0.25, 0.3) is 0 Å². The van der Waals surface area contributed by atoms with E-state index < -0.39 is 36.0 Å². The van der Waals surface area contributed by atoms with Gasteiger partial charge in [-0.05, 0) is 82.4 Å². The number of esters is 2. The van der Waals surface area contributed by atoms with Crippen LogP contribution in [0.5, 0.6) is 0 Å². The summed E-state index contributed by atoms with van der Waals surface area (Å²) >= 11 is 1.19. The number of hydrogen-bond donors (Lipinski definition) is 2. The lowest BCUT2D eigenvalue weighted by Gasteiger charge is -2.44. The molecule has 6 atom stereocenters. The zero-order valence-corrected chi connectivity index (χ0v) is 31.8. The Kier molecular flexibility index (Phi) is 13.2. The van der Waals surface area contributed by atoms with Crippen molar-refractivity contribution >= 4 is 41.0 Å². The van der Waals surface area contributed by atoms with Crippen LogP contribution >= 0.6 is 11.3 Å². The van der Waals surface area contributed by atoms with Crippen molar-refractivity contribution in [2.24, 2.45) is 17.8 Å². The van der Waals surface area contributed by atoms with Gasteiger partial charge in [0.2, 0.25) is 11.8 Å². The summed E-state index contributed by atoms with van der Waals surface area (Å²) in [6, 6.07) is 7.92. The van der Waals surface area contributed by atoms with Gasteiger partial charge in [-0.15, -0.1) is 11.3 Å². The minimum atomic E-state index is -0.861. The highest BCUT2D eigenvalue weighted by atomic mass is 32.1. The topological polar surface area (TPSA) is 147 Å². The number of aromatic nitrogens is 1. The number of benzene rings is 1. The highest BCUT2D eigenvalue weighted by Gasteiger charge is 2.44. The number of thiazole rings is 1. The quantitative estimate of drug-likeness (QED) is 0.178. The van der Waals surface area contributed by atoms with Gasteiger partial charge in [-0.3, -0.25) is 28.9 Å². The molecule has 4 heterocycles. The largest absolute Gasteiger partial charge is 0.469 e. The first kappa shape index (κ1) is 39.1. The van der Waals surface area contributed by atoms with Gasteiger partial charge in [0.1, 0.15) is 16.7 Å². The second kappa shape index (κ2) is 17.6. The number of rotatable bonds is 17. The number of ether oxygens (including phenoxy) is 2. The number of likely N-dealkylation sites (N-methyl/N-ethyl adjacent to an activating group) is 1. The van der Waals surface area contributed by atoms with Crippen LogP contribution in [0.2, 0.25) is 0 Å². The second-order valence-electron chi connectivity index (χ2n) is 14.8. The molecule has 12 nitrogen and oxygen atoms in total. The van der Waals surface area contributed by atoms with E-state index in [1.165, 1.54) is 25.4 Å². The van der Waals surface area contributed by atoms with E-state index in [9.17, 15) is 24.0 Å². The lowest BCUT2D eigenvalue weighted by molar-refractivity contribution is -0.148. The molecule has 1 saturated carbocycles. The van der Waals surface area contributed by atoms with Crippen molar-refractivity contribution in [3.05, 3.63) is 64.1 Å². The number of methoxy groups -OCH3 is 1. The lowest BCUT2D eigenvalue weighted by atomic mass is 9.83. The fourth-order valence-corrected chi connectivity index (χ4v) is 8.42. The molecule has 52 heavy (non-hydrogen) atoms. The molecule has 4 fully saturated rings. The third-order valence-corrected chi connectivity index (χ3v) is 11.6. The van der Waals surface area contributed by atoms with Gasteiger partial charge in [-0.25, -0.2) is 4.98 Å². The lowest BCUT2D eigenvalue weighted by Crippen LogP contribution is -2.59. The van der Waals surface area contributed by atoms with Gasteiger partial charge in [0.25, 0.3) is 5.91 Å². The van der Waals surface area contributed by atoms with E-state index in [4.69, 9.17) is 9.47 Å². The molecule has 3 aliphatic heterocycles. The van der Waals surface area contributed by atoms with Crippen LogP contribution in [-0.4, -0.2) is 95.9 Å². The number of piperidine rings is 3. The van der Waals surface area contributed by atoms with Crippen LogP contribution in [0.4, 0.5) is 0 Å². The molecule has 1 aliphatic carbocycles. The zero-order valence-electron chi connectivity index (χ0n) is 31.0. The minimum Gasteiger partial charge on any atom is -0.469 e. The summed E-state index contributed by atoms with van der Waals surface area (Å²) in [6.07, 6.45) is 4.99. The molecule has 282 valence electrons. The van der Waals surface area contributed by atoms with Crippen LogP contribution in [0.3, 0.4) is 0 Å². The molecule has 4 aliphatic rings. The number of fused-ring (bicyclic) bond motifs is 3. The van der Waals surface area contributed by atoms with Crippen molar-refractivity contribution < 1.29 is 33.4 Å². The zero-order chi connectivity index (χ0) is 37.5. The van der Waals surface area contributed by atoms with Gasteiger partial charge in [0.15, 0.2) is 6.10 Å². The molecule has 2 aromatic rings. The standard InChI is InChI=1S/C39H53N5O7S/c1-23(2)31(43(5)38(48)34(28-12-13-28)42-36(47)32-20-27-14-16-44(32)17-15-27)21-33(51-25(4)45)37-41-30(22-52-37)35(46)40-29(18-24(3)39(49)50-6)19-26-10-8-7-9-11-26/h7-11,22,24,27-29,31-34H,1,12-21H2,2-6H3,(H,40,46)(H,42,47)/t24-,29+,31+,32+,33+,34-/m0/s1. The van der Waals surface area contributed by atoms with E-state index in [1.54, 1.807) is 24.3 Å². The molecule has 0 radical (unpaired) electrons. The molecule has 3 saturated heterocycles. The van der Waals surface area contributed by atoms with E-state index in [-0.39, 0.29) is 47.9 Å². The average Bonchev–Trinajstić information content (AvgIpc) is 3.86. The van der Waals surface area contributed by atoms with Crippen molar-refractivity contribution in [1.82, 2.24) is 25.4 Å². The summed E-state index contributed by atoms with van der Waals surface area (Å²) in [5, 5.41) is 8.18. The van der Waals surface area contributed by atoms with E-state index in [1.807, 2.05) is 37.3 Å². The van der Waals surface area contributed by atoms with Crippen LogP contribution in [-0.2, 0) is 35.1 Å². The molecule has 0 unspecified atom stereocenters. The Labute approximate surface area is 310 Å². The monoisotopic (exact) mass is 735 g/mol. The van der Waals surface area contributed by atoms with Crippen LogP contribution in [0.15, 0.2) is 47.9 Å². The molecule has 0 spiro atoms. The van der Waals surface area contributed by atoms with Crippen molar-refractivity contribution in [1.29, 1.82) is 0 Å². The van der Waals surface area contributed by atoms with Crippen LogP contribution < -0.4 is 10.6 Å². The molecule has 2 bridgehead atoms. The number of carbonyl (C=O) groups is 5. The Hall–Kier alpha value is -4.10. The highest BCUT2D eigenvalue weighted by molar-refractivity contribution is 7.09. The predicted octanol–water partition coefficient (Wildman–Crippen LogP) is 4.46.